The number of aryl methyl sites for hydroxylation is 2. The number of hydrogen-bond acceptors (Lipinski definition) is 2. The minimum atomic E-state index is 0. The molecule has 0 radical (unpaired) electrons. The molecule has 0 heterocycles. The first-order chi connectivity index (χ1) is 11.0. The Labute approximate surface area is 152 Å². The Morgan fingerprint density at radius 2 is 1.79 bits per heavy atom. The lowest BCUT2D eigenvalue weighted by atomic mass is 9.65. The second-order valence-electron chi connectivity index (χ2n) is 7.77. The fraction of sp³-hybridized carbons (Fsp3) is 0.650. The van der Waals surface area contributed by atoms with Gasteiger partial charge in [-0.3, -0.25) is 4.79 Å². The van der Waals surface area contributed by atoms with Crippen LogP contribution in [-0.2, 0) is 4.79 Å². The van der Waals surface area contributed by atoms with E-state index in [9.17, 15) is 4.79 Å². The highest BCUT2D eigenvalue weighted by atomic mass is 35.5. The Morgan fingerprint density at radius 1 is 1.17 bits per heavy atom. The van der Waals surface area contributed by atoms with E-state index < -0.39 is 0 Å². The summed E-state index contributed by atoms with van der Waals surface area (Å²) >= 11 is 0. The first-order valence-electron chi connectivity index (χ1n) is 9.09. The third-order valence-electron chi connectivity index (χ3n) is 6.17. The fourth-order valence-electron chi connectivity index (χ4n) is 4.45. The van der Waals surface area contributed by atoms with Crippen LogP contribution in [0.3, 0.4) is 0 Å². The van der Waals surface area contributed by atoms with Gasteiger partial charge >= 0.3 is 0 Å². The third-order valence-corrected chi connectivity index (χ3v) is 6.17. The average molecular weight is 351 g/mol. The largest absolute Gasteiger partial charge is 0.349 e. The smallest absolute Gasteiger partial charge is 0.223 e. The molecule has 3 rings (SSSR count). The summed E-state index contributed by atoms with van der Waals surface area (Å²) in [4.78, 5) is 12.7. The zero-order chi connectivity index (χ0) is 16.6. The molecule has 3 atom stereocenters. The summed E-state index contributed by atoms with van der Waals surface area (Å²) in [6, 6.07) is 6.84. The lowest BCUT2D eigenvalue weighted by Crippen LogP contribution is -2.49. The molecule has 3 N–H and O–H groups in total. The van der Waals surface area contributed by atoms with Gasteiger partial charge in [0.25, 0.3) is 0 Å². The highest BCUT2D eigenvalue weighted by molar-refractivity contribution is 5.85. The molecule has 24 heavy (non-hydrogen) atoms. The molecule has 1 amide bonds. The maximum atomic E-state index is 12.7. The van der Waals surface area contributed by atoms with Gasteiger partial charge in [0, 0.05) is 12.0 Å². The van der Waals surface area contributed by atoms with E-state index in [2.05, 4.69) is 44.3 Å². The number of benzene rings is 1. The van der Waals surface area contributed by atoms with Crippen molar-refractivity contribution in [3.63, 3.8) is 0 Å². The summed E-state index contributed by atoms with van der Waals surface area (Å²) in [5, 5.41) is 3.24. The van der Waals surface area contributed by atoms with E-state index in [1.807, 2.05) is 0 Å². The number of rotatable bonds is 3. The molecule has 1 aromatic rings. The molecule has 2 bridgehead atoms. The Morgan fingerprint density at radius 3 is 2.38 bits per heavy atom. The number of nitrogens with one attached hydrogen (secondary N) is 1. The van der Waals surface area contributed by atoms with E-state index in [-0.39, 0.29) is 30.3 Å². The van der Waals surface area contributed by atoms with Gasteiger partial charge in [-0.05, 0) is 75.0 Å². The number of carbonyl (C=O) groups excluding carboxylic acids is 1. The molecule has 0 aliphatic heterocycles. The van der Waals surface area contributed by atoms with Crippen LogP contribution in [-0.4, -0.2) is 11.9 Å². The highest BCUT2D eigenvalue weighted by Crippen LogP contribution is 2.42. The monoisotopic (exact) mass is 350 g/mol. The van der Waals surface area contributed by atoms with E-state index in [1.165, 1.54) is 36.0 Å². The van der Waals surface area contributed by atoms with Crippen molar-refractivity contribution in [1.82, 2.24) is 5.32 Å². The van der Waals surface area contributed by atoms with Gasteiger partial charge < -0.3 is 11.1 Å². The Balaban J connectivity index is 0.00000208. The molecule has 1 aromatic carbocycles. The van der Waals surface area contributed by atoms with Crippen LogP contribution in [0.1, 0.15) is 61.8 Å². The van der Waals surface area contributed by atoms with Crippen LogP contribution < -0.4 is 11.1 Å². The molecule has 134 valence electrons. The lowest BCUT2D eigenvalue weighted by molar-refractivity contribution is -0.128. The quantitative estimate of drug-likeness (QED) is 0.863. The molecule has 3 unspecified atom stereocenters. The number of fused-ring (bicyclic) bond motifs is 2. The van der Waals surface area contributed by atoms with Gasteiger partial charge in [0.2, 0.25) is 5.91 Å². The van der Waals surface area contributed by atoms with Crippen molar-refractivity contribution in [2.45, 2.75) is 65.0 Å². The number of carbonyl (C=O) groups is 1. The first-order valence-corrected chi connectivity index (χ1v) is 9.09. The Bertz CT molecular complexity index is 575. The van der Waals surface area contributed by atoms with Crippen molar-refractivity contribution in [2.75, 3.05) is 0 Å². The van der Waals surface area contributed by atoms with Gasteiger partial charge in [0.05, 0.1) is 6.04 Å². The van der Waals surface area contributed by atoms with Crippen LogP contribution in [0.25, 0.3) is 0 Å². The van der Waals surface area contributed by atoms with Crippen LogP contribution in [0, 0.1) is 31.6 Å². The second-order valence-corrected chi connectivity index (χ2v) is 7.77. The molecule has 2 saturated carbocycles. The molecular formula is C20H31ClN2O. The molecule has 3 nitrogen and oxygen atoms in total. The maximum Gasteiger partial charge on any atom is 0.223 e. The highest BCUT2D eigenvalue weighted by Gasteiger charge is 2.40. The van der Waals surface area contributed by atoms with Crippen LogP contribution >= 0.6 is 12.4 Å². The molecular weight excluding hydrogens is 320 g/mol. The van der Waals surface area contributed by atoms with E-state index in [4.69, 9.17) is 5.73 Å². The standard InChI is InChI=1S/C20H30N2O.ClH/c1-12-7-8-15(9-13(12)2)14(3)22-20(23)18-10-16-5-4-6-17(11-18)19(16)21;/h7-9,14,16-19H,4-6,10-11,21H2,1-3H3,(H,22,23);1H. The van der Waals surface area contributed by atoms with Gasteiger partial charge in [-0.1, -0.05) is 24.6 Å². The Hall–Kier alpha value is -1.06. The molecule has 0 spiro atoms. The topological polar surface area (TPSA) is 55.1 Å². The third kappa shape index (κ3) is 3.94. The molecule has 4 heteroatoms. The number of halogens is 1. The molecule has 2 aliphatic carbocycles. The summed E-state index contributed by atoms with van der Waals surface area (Å²) in [5.74, 6) is 1.48. The van der Waals surface area contributed by atoms with Crippen LogP contribution in [0.15, 0.2) is 18.2 Å². The normalized spacial score (nSPS) is 30.2. The summed E-state index contributed by atoms with van der Waals surface area (Å²) in [5.41, 5.74) is 10.1. The van der Waals surface area contributed by atoms with Crippen molar-refractivity contribution in [3.05, 3.63) is 34.9 Å². The SMILES string of the molecule is Cc1ccc(C(C)NC(=O)C2CC3CCCC(C2)C3N)cc1C.Cl. The van der Waals surface area contributed by atoms with Gasteiger partial charge in [0.1, 0.15) is 0 Å². The zero-order valence-electron chi connectivity index (χ0n) is 15.0. The number of nitrogens with two attached hydrogens (primary N) is 1. The molecule has 2 fully saturated rings. The molecule has 2 aliphatic rings. The number of amides is 1. The average Bonchev–Trinajstić information content (AvgIpc) is 2.49. The van der Waals surface area contributed by atoms with E-state index in [0.29, 0.717) is 17.9 Å². The van der Waals surface area contributed by atoms with Crippen LogP contribution in [0.4, 0.5) is 0 Å². The summed E-state index contributed by atoms with van der Waals surface area (Å²) in [7, 11) is 0. The maximum absolute atomic E-state index is 12.7. The molecule has 0 saturated heterocycles. The van der Waals surface area contributed by atoms with Gasteiger partial charge in [0.15, 0.2) is 0 Å². The summed E-state index contributed by atoms with van der Waals surface area (Å²) in [6.07, 6.45) is 5.64. The minimum absolute atomic E-state index is 0. The van der Waals surface area contributed by atoms with Crippen LogP contribution in [0.2, 0.25) is 0 Å². The van der Waals surface area contributed by atoms with Crippen molar-refractivity contribution < 1.29 is 4.79 Å². The predicted molar refractivity (Wildman–Crippen MR) is 101 cm³/mol. The predicted octanol–water partition coefficient (Wildman–Crippen LogP) is 4.06. The van der Waals surface area contributed by atoms with E-state index in [0.717, 1.165) is 12.8 Å². The zero-order valence-corrected chi connectivity index (χ0v) is 15.9. The fourth-order valence-corrected chi connectivity index (χ4v) is 4.45. The van der Waals surface area contributed by atoms with Gasteiger partial charge in [-0.15, -0.1) is 12.4 Å². The van der Waals surface area contributed by atoms with E-state index >= 15 is 0 Å². The second kappa shape index (κ2) is 7.88. The Kier molecular flexibility index (Phi) is 6.33. The lowest BCUT2D eigenvalue weighted by Gasteiger charge is -2.43. The summed E-state index contributed by atoms with van der Waals surface area (Å²) in [6.45, 7) is 6.32. The van der Waals surface area contributed by atoms with Crippen molar-refractivity contribution in [2.24, 2.45) is 23.5 Å². The minimum Gasteiger partial charge on any atom is -0.349 e. The summed E-state index contributed by atoms with van der Waals surface area (Å²) < 4.78 is 0. The first kappa shape index (κ1) is 19.3. The van der Waals surface area contributed by atoms with Gasteiger partial charge in [-0.25, -0.2) is 0 Å². The van der Waals surface area contributed by atoms with Crippen LogP contribution in [0.5, 0.6) is 0 Å². The molecule has 0 aromatic heterocycles. The number of hydrogen-bond donors (Lipinski definition) is 2. The van der Waals surface area contributed by atoms with Crippen molar-refractivity contribution in [1.29, 1.82) is 0 Å². The van der Waals surface area contributed by atoms with Gasteiger partial charge in [-0.2, -0.15) is 0 Å². The van der Waals surface area contributed by atoms with E-state index in [1.54, 1.807) is 0 Å². The van der Waals surface area contributed by atoms with Crippen molar-refractivity contribution >= 4 is 18.3 Å². The van der Waals surface area contributed by atoms with Crippen molar-refractivity contribution in [3.8, 4) is 0 Å².